The molecule has 2 nitrogen and oxygen atoms in total. The maximum Gasteiger partial charge on any atom is 0.147 e. The lowest BCUT2D eigenvalue weighted by molar-refractivity contribution is 0.479. The van der Waals surface area contributed by atoms with Crippen LogP contribution >= 0.6 is 43.5 Å². The van der Waals surface area contributed by atoms with Crippen molar-refractivity contribution in [1.29, 1.82) is 0 Å². The Kier molecular flexibility index (Phi) is 6.55. The minimum absolute atomic E-state index is 0.582. The Balaban J connectivity index is 2.12. The van der Waals surface area contributed by atoms with Crippen LogP contribution < -0.4 is 10.1 Å². The average Bonchev–Trinajstić information content (AvgIpc) is 2.46. The summed E-state index contributed by atoms with van der Waals surface area (Å²) in [4.78, 5) is 0. The van der Waals surface area contributed by atoms with Gasteiger partial charge in [-0.2, -0.15) is 0 Å². The molecular formula is C16H16Br2ClNO. The van der Waals surface area contributed by atoms with Crippen LogP contribution in [0.3, 0.4) is 0 Å². The van der Waals surface area contributed by atoms with Gasteiger partial charge in [-0.25, -0.2) is 0 Å². The Morgan fingerprint density at radius 2 is 1.90 bits per heavy atom. The zero-order valence-electron chi connectivity index (χ0n) is 11.6. The smallest absolute Gasteiger partial charge is 0.147 e. The molecule has 0 aliphatic carbocycles. The largest absolute Gasteiger partial charge is 0.455 e. The number of rotatable bonds is 6. The molecule has 0 saturated carbocycles. The normalized spacial score (nSPS) is 10.7. The number of halogens is 3. The molecule has 0 aliphatic heterocycles. The molecule has 0 unspecified atom stereocenters. The highest BCUT2D eigenvalue weighted by molar-refractivity contribution is 9.10. The Morgan fingerprint density at radius 1 is 1.10 bits per heavy atom. The Labute approximate surface area is 147 Å². The first kappa shape index (κ1) is 16.8. The second-order valence-corrected chi connectivity index (χ2v) is 6.80. The van der Waals surface area contributed by atoms with Crippen molar-refractivity contribution < 1.29 is 4.74 Å². The summed E-state index contributed by atoms with van der Waals surface area (Å²) in [6.45, 7) is 4.02. The van der Waals surface area contributed by atoms with Gasteiger partial charge in [0.2, 0.25) is 0 Å². The summed E-state index contributed by atoms with van der Waals surface area (Å²) in [5.41, 5.74) is 1.21. The second-order valence-electron chi connectivity index (χ2n) is 4.62. The van der Waals surface area contributed by atoms with Crippen LogP contribution in [0.25, 0.3) is 0 Å². The van der Waals surface area contributed by atoms with Crippen LogP contribution in [0.2, 0.25) is 5.02 Å². The van der Waals surface area contributed by atoms with E-state index in [0.29, 0.717) is 10.8 Å². The van der Waals surface area contributed by atoms with E-state index >= 15 is 0 Å². The lowest BCUT2D eigenvalue weighted by Gasteiger charge is -2.11. The van der Waals surface area contributed by atoms with E-state index in [-0.39, 0.29) is 0 Å². The standard InChI is InChI=1S/C16H16Br2ClNO/c1-2-7-20-10-11-3-6-15(13(18)8-11)21-16-9-12(17)4-5-14(16)19/h3-6,8-9,20H,2,7,10H2,1H3. The maximum atomic E-state index is 6.14. The molecule has 2 aromatic carbocycles. The van der Waals surface area contributed by atoms with Gasteiger partial charge in [-0.3, -0.25) is 0 Å². The van der Waals surface area contributed by atoms with Gasteiger partial charge in [-0.05, 0) is 64.8 Å². The number of hydrogen-bond acceptors (Lipinski definition) is 2. The molecule has 0 heterocycles. The molecule has 0 aliphatic rings. The monoisotopic (exact) mass is 431 g/mol. The van der Waals surface area contributed by atoms with Crippen molar-refractivity contribution in [1.82, 2.24) is 5.32 Å². The molecule has 0 radical (unpaired) electrons. The predicted octanol–water partition coefficient (Wildman–Crippen LogP) is 6.16. The highest BCUT2D eigenvalue weighted by Crippen LogP contribution is 2.35. The number of nitrogens with one attached hydrogen (secondary N) is 1. The summed E-state index contributed by atoms with van der Waals surface area (Å²) in [5.74, 6) is 1.37. The first-order valence-corrected chi connectivity index (χ1v) is 8.68. The Morgan fingerprint density at radius 3 is 2.62 bits per heavy atom. The van der Waals surface area contributed by atoms with Crippen LogP contribution in [-0.2, 0) is 6.54 Å². The minimum Gasteiger partial charge on any atom is -0.455 e. The number of ether oxygens (including phenoxy) is 1. The van der Waals surface area contributed by atoms with E-state index < -0.39 is 0 Å². The second kappa shape index (κ2) is 8.18. The third-order valence-corrected chi connectivity index (χ3v) is 4.29. The molecule has 0 bridgehead atoms. The SMILES string of the molecule is CCCNCc1ccc(Oc2cc(Br)ccc2Cl)c(Br)c1. The highest BCUT2D eigenvalue weighted by atomic mass is 79.9. The minimum atomic E-state index is 0.582. The van der Waals surface area contributed by atoms with E-state index in [9.17, 15) is 0 Å². The summed E-state index contributed by atoms with van der Waals surface area (Å²) in [7, 11) is 0. The summed E-state index contributed by atoms with van der Waals surface area (Å²) in [5, 5.41) is 3.96. The molecule has 0 spiro atoms. The van der Waals surface area contributed by atoms with Gasteiger partial charge in [0.25, 0.3) is 0 Å². The van der Waals surface area contributed by atoms with Crippen LogP contribution in [0, 0.1) is 0 Å². The molecule has 0 aromatic heterocycles. The quantitative estimate of drug-likeness (QED) is 0.551. The molecule has 5 heteroatoms. The van der Waals surface area contributed by atoms with Gasteiger partial charge in [0.1, 0.15) is 11.5 Å². The van der Waals surface area contributed by atoms with Crippen molar-refractivity contribution >= 4 is 43.5 Å². The maximum absolute atomic E-state index is 6.14. The molecule has 1 N–H and O–H groups in total. The number of benzene rings is 2. The predicted molar refractivity (Wildman–Crippen MR) is 95.4 cm³/mol. The van der Waals surface area contributed by atoms with Crippen molar-refractivity contribution in [2.24, 2.45) is 0 Å². The zero-order valence-corrected chi connectivity index (χ0v) is 15.6. The molecular weight excluding hydrogens is 417 g/mol. The van der Waals surface area contributed by atoms with Crippen LogP contribution in [0.15, 0.2) is 45.3 Å². The van der Waals surface area contributed by atoms with Gasteiger partial charge >= 0.3 is 0 Å². The molecule has 112 valence electrons. The first-order chi connectivity index (χ1) is 10.1. The molecule has 0 atom stereocenters. The number of hydrogen-bond donors (Lipinski definition) is 1. The molecule has 0 amide bonds. The van der Waals surface area contributed by atoms with Crippen LogP contribution in [0.4, 0.5) is 0 Å². The third-order valence-electron chi connectivity index (χ3n) is 2.87. The fourth-order valence-corrected chi connectivity index (χ4v) is 2.82. The van der Waals surface area contributed by atoms with Crippen LogP contribution in [0.1, 0.15) is 18.9 Å². The molecule has 21 heavy (non-hydrogen) atoms. The van der Waals surface area contributed by atoms with Gasteiger partial charge in [0, 0.05) is 11.0 Å². The molecule has 2 aromatic rings. The average molecular weight is 434 g/mol. The lowest BCUT2D eigenvalue weighted by atomic mass is 10.2. The Hall–Kier alpha value is -0.550. The molecule has 0 fully saturated rings. The lowest BCUT2D eigenvalue weighted by Crippen LogP contribution is -2.13. The summed E-state index contributed by atoms with van der Waals surface area (Å²) >= 11 is 13.1. The van der Waals surface area contributed by atoms with Gasteiger partial charge in [0.15, 0.2) is 0 Å². The van der Waals surface area contributed by atoms with Crippen molar-refractivity contribution in [2.45, 2.75) is 19.9 Å². The van der Waals surface area contributed by atoms with Crippen LogP contribution in [-0.4, -0.2) is 6.54 Å². The van der Waals surface area contributed by atoms with E-state index in [1.807, 2.05) is 18.2 Å². The highest BCUT2D eigenvalue weighted by Gasteiger charge is 2.08. The van der Waals surface area contributed by atoms with E-state index in [0.717, 1.165) is 34.2 Å². The topological polar surface area (TPSA) is 21.3 Å². The van der Waals surface area contributed by atoms with Gasteiger partial charge in [0.05, 0.1) is 9.50 Å². The molecule has 2 rings (SSSR count). The van der Waals surface area contributed by atoms with Crippen molar-refractivity contribution in [3.8, 4) is 11.5 Å². The summed E-state index contributed by atoms with van der Waals surface area (Å²) in [6.07, 6.45) is 1.13. The van der Waals surface area contributed by atoms with Crippen molar-refractivity contribution in [3.05, 3.63) is 55.9 Å². The summed E-state index contributed by atoms with van der Waals surface area (Å²) in [6, 6.07) is 11.6. The fraction of sp³-hybridized carbons (Fsp3) is 0.250. The fourth-order valence-electron chi connectivity index (χ4n) is 1.82. The first-order valence-electron chi connectivity index (χ1n) is 6.72. The van der Waals surface area contributed by atoms with E-state index in [4.69, 9.17) is 16.3 Å². The van der Waals surface area contributed by atoms with E-state index in [1.54, 1.807) is 6.07 Å². The third kappa shape index (κ3) is 4.99. The van der Waals surface area contributed by atoms with E-state index in [1.165, 1.54) is 5.56 Å². The van der Waals surface area contributed by atoms with E-state index in [2.05, 4.69) is 56.2 Å². The molecule has 0 saturated heterocycles. The van der Waals surface area contributed by atoms with Gasteiger partial charge in [-0.15, -0.1) is 0 Å². The van der Waals surface area contributed by atoms with Gasteiger partial charge in [-0.1, -0.05) is 40.5 Å². The van der Waals surface area contributed by atoms with Crippen molar-refractivity contribution in [2.75, 3.05) is 6.54 Å². The van der Waals surface area contributed by atoms with Gasteiger partial charge < -0.3 is 10.1 Å². The van der Waals surface area contributed by atoms with Crippen LogP contribution in [0.5, 0.6) is 11.5 Å². The summed E-state index contributed by atoms with van der Waals surface area (Å²) < 4.78 is 7.71. The zero-order chi connectivity index (χ0) is 15.2. The van der Waals surface area contributed by atoms with Crippen molar-refractivity contribution in [3.63, 3.8) is 0 Å². The Bertz CT molecular complexity index is 619.